The minimum absolute atomic E-state index is 0.274. The Morgan fingerprint density at radius 1 is 1.30 bits per heavy atom. The lowest BCUT2D eigenvalue weighted by atomic mass is 10.1. The van der Waals surface area contributed by atoms with Gasteiger partial charge in [0.15, 0.2) is 5.78 Å². The molecule has 108 valence electrons. The van der Waals surface area contributed by atoms with Crippen molar-refractivity contribution >= 4 is 17.7 Å². The summed E-state index contributed by atoms with van der Waals surface area (Å²) in [5.41, 5.74) is 0.991. The second kappa shape index (κ2) is 6.45. The van der Waals surface area contributed by atoms with Crippen LogP contribution in [0.5, 0.6) is 0 Å². The fourth-order valence-corrected chi connectivity index (χ4v) is 2.27. The summed E-state index contributed by atoms with van der Waals surface area (Å²) >= 11 is 0. The SMILES string of the molecule is COC(=O)CC(=O)c1cnc(N2CCCCC2)nc1C. The van der Waals surface area contributed by atoms with Gasteiger partial charge in [-0.1, -0.05) is 0 Å². The average Bonchev–Trinajstić information content (AvgIpc) is 2.47. The fourth-order valence-electron chi connectivity index (χ4n) is 2.27. The van der Waals surface area contributed by atoms with E-state index in [4.69, 9.17) is 0 Å². The standard InChI is InChI=1S/C14H19N3O3/c1-10-11(12(18)8-13(19)20-2)9-15-14(16-10)17-6-4-3-5-7-17/h9H,3-8H2,1-2H3. The molecule has 1 aromatic heterocycles. The minimum Gasteiger partial charge on any atom is -0.469 e. The first-order valence-electron chi connectivity index (χ1n) is 6.80. The number of esters is 1. The van der Waals surface area contributed by atoms with Gasteiger partial charge in [-0.15, -0.1) is 0 Å². The van der Waals surface area contributed by atoms with Crippen LogP contribution in [0.15, 0.2) is 6.20 Å². The number of Topliss-reactive ketones (excluding diaryl/α,β-unsaturated/α-hetero) is 1. The van der Waals surface area contributed by atoms with Crippen molar-refractivity contribution in [2.75, 3.05) is 25.1 Å². The van der Waals surface area contributed by atoms with Crippen LogP contribution in [-0.4, -0.2) is 41.9 Å². The molecule has 0 bridgehead atoms. The molecule has 0 spiro atoms. The maximum Gasteiger partial charge on any atom is 0.313 e. The minimum atomic E-state index is -0.547. The predicted molar refractivity (Wildman–Crippen MR) is 73.8 cm³/mol. The number of aryl methyl sites for hydroxylation is 1. The van der Waals surface area contributed by atoms with Gasteiger partial charge in [0.1, 0.15) is 6.42 Å². The summed E-state index contributed by atoms with van der Waals surface area (Å²) < 4.78 is 4.49. The van der Waals surface area contributed by atoms with Crippen molar-refractivity contribution in [2.45, 2.75) is 32.6 Å². The first-order valence-corrected chi connectivity index (χ1v) is 6.80. The van der Waals surface area contributed by atoms with Crippen molar-refractivity contribution in [3.05, 3.63) is 17.5 Å². The molecule has 1 aliphatic heterocycles. The van der Waals surface area contributed by atoms with E-state index in [2.05, 4.69) is 19.6 Å². The molecule has 6 heteroatoms. The first-order chi connectivity index (χ1) is 9.61. The molecule has 0 saturated carbocycles. The molecule has 20 heavy (non-hydrogen) atoms. The zero-order valence-electron chi connectivity index (χ0n) is 11.9. The molecule has 0 radical (unpaired) electrons. The molecular formula is C14H19N3O3. The lowest BCUT2D eigenvalue weighted by Crippen LogP contribution is -2.31. The molecule has 1 saturated heterocycles. The zero-order valence-corrected chi connectivity index (χ0v) is 11.9. The highest BCUT2D eigenvalue weighted by Gasteiger charge is 2.18. The molecule has 1 fully saturated rings. The second-order valence-electron chi connectivity index (χ2n) is 4.89. The van der Waals surface area contributed by atoms with Gasteiger partial charge in [-0.3, -0.25) is 9.59 Å². The smallest absolute Gasteiger partial charge is 0.313 e. The Hall–Kier alpha value is -1.98. The van der Waals surface area contributed by atoms with Crippen LogP contribution in [0, 0.1) is 6.92 Å². The highest BCUT2D eigenvalue weighted by atomic mass is 16.5. The van der Waals surface area contributed by atoms with E-state index in [9.17, 15) is 9.59 Å². The third-order valence-corrected chi connectivity index (χ3v) is 3.44. The number of hydrogen-bond donors (Lipinski definition) is 0. The number of nitrogens with zero attached hydrogens (tertiary/aromatic N) is 3. The highest BCUT2D eigenvalue weighted by molar-refractivity contribution is 6.06. The number of piperidine rings is 1. The summed E-state index contributed by atoms with van der Waals surface area (Å²) in [7, 11) is 1.26. The summed E-state index contributed by atoms with van der Waals surface area (Å²) in [6, 6.07) is 0. The largest absolute Gasteiger partial charge is 0.469 e. The van der Waals surface area contributed by atoms with Gasteiger partial charge in [-0.25, -0.2) is 9.97 Å². The Morgan fingerprint density at radius 2 is 2.00 bits per heavy atom. The molecule has 0 atom stereocenters. The van der Waals surface area contributed by atoms with E-state index in [-0.39, 0.29) is 12.2 Å². The van der Waals surface area contributed by atoms with Crippen LogP contribution < -0.4 is 4.90 Å². The number of carbonyl (C=O) groups excluding carboxylic acids is 2. The van der Waals surface area contributed by atoms with E-state index < -0.39 is 5.97 Å². The number of methoxy groups -OCH3 is 1. The molecule has 6 nitrogen and oxygen atoms in total. The molecule has 0 N–H and O–H groups in total. The summed E-state index contributed by atoms with van der Waals surface area (Å²) in [6.07, 6.45) is 4.77. The van der Waals surface area contributed by atoms with E-state index in [1.165, 1.54) is 19.7 Å². The normalized spacial score (nSPS) is 15.0. The Balaban J connectivity index is 2.12. The number of carbonyl (C=O) groups is 2. The number of ketones is 1. The van der Waals surface area contributed by atoms with Gasteiger partial charge < -0.3 is 9.64 Å². The Bertz CT molecular complexity index is 510. The Morgan fingerprint density at radius 3 is 2.60 bits per heavy atom. The molecule has 0 unspecified atom stereocenters. The van der Waals surface area contributed by atoms with Crippen LogP contribution >= 0.6 is 0 Å². The molecule has 1 aliphatic rings. The maximum absolute atomic E-state index is 11.9. The van der Waals surface area contributed by atoms with Crippen molar-refractivity contribution < 1.29 is 14.3 Å². The number of hydrogen-bond acceptors (Lipinski definition) is 6. The average molecular weight is 277 g/mol. The number of aromatic nitrogens is 2. The summed E-state index contributed by atoms with van der Waals surface area (Å²) in [5.74, 6) is -0.189. The number of ether oxygens (including phenoxy) is 1. The molecule has 0 aromatic carbocycles. The van der Waals surface area contributed by atoms with Gasteiger partial charge in [0.05, 0.1) is 18.4 Å². The molecule has 1 aromatic rings. The van der Waals surface area contributed by atoms with E-state index in [0.29, 0.717) is 17.2 Å². The van der Waals surface area contributed by atoms with E-state index in [1.807, 2.05) is 0 Å². The molecular weight excluding hydrogens is 258 g/mol. The van der Waals surface area contributed by atoms with Crippen LogP contribution in [0.4, 0.5) is 5.95 Å². The quantitative estimate of drug-likeness (QED) is 0.472. The van der Waals surface area contributed by atoms with Crippen LogP contribution in [0.1, 0.15) is 41.7 Å². The van der Waals surface area contributed by atoms with Gasteiger partial charge >= 0.3 is 5.97 Å². The van der Waals surface area contributed by atoms with Crippen LogP contribution in [0.25, 0.3) is 0 Å². The van der Waals surface area contributed by atoms with Crippen molar-refractivity contribution in [2.24, 2.45) is 0 Å². The van der Waals surface area contributed by atoms with Gasteiger partial charge in [0.2, 0.25) is 5.95 Å². The molecule has 0 amide bonds. The number of rotatable bonds is 4. The lowest BCUT2D eigenvalue weighted by Gasteiger charge is -2.26. The van der Waals surface area contributed by atoms with Gasteiger partial charge in [0, 0.05) is 19.3 Å². The number of anilines is 1. The lowest BCUT2D eigenvalue weighted by molar-refractivity contribution is -0.139. The third kappa shape index (κ3) is 3.31. The second-order valence-corrected chi connectivity index (χ2v) is 4.89. The first kappa shape index (κ1) is 14.4. The van der Waals surface area contributed by atoms with Gasteiger partial charge in [-0.2, -0.15) is 0 Å². The molecule has 0 aliphatic carbocycles. The molecule has 2 heterocycles. The van der Waals surface area contributed by atoms with Gasteiger partial charge in [0.25, 0.3) is 0 Å². The van der Waals surface area contributed by atoms with Crippen molar-refractivity contribution in [3.8, 4) is 0 Å². The summed E-state index contributed by atoms with van der Waals surface area (Å²) in [5, 5.41) is 0. The maximum atomic E-state index is 11.9. The van der Waals surface area contributed by atoms with E-state index >= 15 is 0 Å². The fraction of sp³-hybridized carbons (Fsp3) is 0.571. The summed E-state index contributed by atoms with van der Waals surface area (Å²) in [4.78, 5) is 33.8. The van der Waals surface area contributed by atoms with Crippen molar-refractivity contribution in [1.82, 2.24) is 9.97 Å². The third-order valence-electron chi connectivity index (χ3n) is 3.44. The Labute approximate surface area is 118 Å². The van der Waals surface area contributed by atoms with E-state index in [1.54, 1.807) is 6.92 Å². The van der Waals surface area contributed by atoms with Crippen LogP contribution in [0.3, 0.4) is 0 Å². The zero-order chi connectivity index (χ0) is 14.5. The molecule has 2 rings (SSSR count). The predicted octanol–water partition coefficient (Wildman–Crippen LogP) is 1.52. The van der Waals surface area contributed by atoms with Crippen molar-refractivity contribution in [3.63, 3.8) is 0 Å². The van der Waals surface area contributed by atoms with Crippen LogP contribution in [0.2, 0.25) is 0 Å². The highest BCUT2D eigenvalue weighted by Crippen LogP contribution is 2.17. The van der Waals surface area contributed by atoms with Crippen molar-refractivity contribution in [1.29, 1.82) is 0 Å². The van der Waals surface area contributed by atoms with E-state index in [0.717, 1.165) is 25.9 Å². The summed E-state index contributed by atoms with van der Waals surface area (Å²) in [6.45, 7) is 3.67. The monoisotopic (exact) mass is 277 g/mol. The van der Waals surface area contributed by atoms with Gasteiger partial charge in [-0.05, 0) is 26.2 Å². The van der Waals surface area contributed by atoms with Crippen LogP contribution in [-0.2, 0) is 9.53 Å². The Kier molecular flexibility index (Phi) is 4.65. The topological polar surface area (TPSA) is 72.4 Å².